The Bertz CT molecular complexity index is 2890. The number of aromatic nitrogens is 4. The molecular formula is C46H26B2N4O5. The highest BCUT2D eigenvalue weighted by Crippen LogP contribution is 2.39. The number of hydrogen-bond acceptors (Lipinski definition) is 7. The first-order chi connectivity index (χ1) is 28.2. The number of fused-ring (bicyclic) bond motifs is 8. The average Bonchev–Trinajstić information content (AvgIpc) is 4.08. The minimum Gasteiger partial charge on any atom is -0.464 e. The molecule has 9 nitrogen and oxygen atoms in total. The summed E-state index contributed by atoms with van der Waals surface area (Å²) in [5, 5.41) is 0. The van der Waals surface area contributed by atoms with E-state index in [9.17, 15) is 0 Å². The van der Waals surface area contributed by atoms with Crippen LogP contribution in [0.4, 0.5) is 0 Å². The second-order valence-electron chi connectivity index (χ2n) is 14.7. The lowest BCUT2D eigenvalue weighted by Crippen LogP contribution is -2.57. The first kappa shape index (κ1) is 30.7. The van der Waals surface area contributed by atoms with Crippen molar-refractivity contribution in [3.05, 3.63) is 159 Å². The molecule has 0 radical (unpaired) electrons. The zero-order valence-electron chi connectivity index (χ0n) is 30.0. The molecule has 0 fully saturated rings. The van der Waals surface area contributed by atoms with E-state index < -0.39 is 0 Å². The molecular weight excluding hydrogens is 710 g/mol. The number of ether oxygens (including phenoxy) is 4. The fourth-order valence-corrected chi connectivity index (χ4v) is 8.96. The summed E-state index contributed by atoms with van der Waals surface area (Å²) in [4.78, 5) is 8.54. The molecule has 11 heteroatoms. The number of benzene rings is 6. The van der Waals surface area contributed by atoms with Crippen molar-refractivity contribution < 1.29 is 23.4 Å². The molecule has 0 N–H and O–H groups in total. The summed E-state index contributed by atoms with van der Waals surface area (Å²) in [5.41, 5.74) is 11.3. The molecule has 0 aliphatic carbocycles. The Hall–Kier alpha value is -7.65. The molecule has 4 aliphatic heterocycles. The molecule has 6 aromatic carbocycles. The molecule has 9 aromatic rings. The Morgan fingerprint density at radius 2 is 0.877 bits per heavy atom. The summed E-state index contributed by atoms with van der Waals surface area (Å²) in [5.74, 6) is 7.24. The first-order valence-corrected chi connectivity index (χ1v) is 18.8. The molecule has 0 unspecified atom stereocenters. The van der Waals surface area contributed by atoms with Crippen LogP contribution in [0, 0.1) is 0 Å². The number of imidazole rings is 2. The van der Waals surface area contributed by atoms with Gasteiger partial charge in [0, 0.05) is 58.2 Å². The Kier molecular flexibility index (Phi) is 6.15. The summed E-state index contributed by atoms with van der Waals surface area (Å²) in [7, 11) is 0. The van der Waals surface area contributed by atoms with Crippen molar-refractivity contribution in [3.63, 3.8) is 0 Å². The molecule has 3 aromatic heterocycles. The maximum atomic E-state index is 6.53. The van der Waals surface area contributed by atoms with E-state index in [1.165, 1.54) is 0 Å². The highest BCUT2D eigenvalue weighted by atomic mass is 16.5. The van der Waals surface area contributed by atoms with Gasteiger partial charge < -0.3 is 32.5 Å². The standard InChI is InChI=1S/C46H26B2N4O5/c1-3-40-45-42(5-1)56-38-13-9-30(51-17-15-49-25-51)22-34(38)47(45)32-19-27(7-11-36(32)54-40)29-21-44(53-24-29)28-8-12-37-33(20-28)48-35-23-31(52-18-16-50-26-52)10-14-39(35)57-43-6-2-4-41(55-37)46(43)48/h1-26H. The van der Waals surface area contributed by atoms with Crippen molar-refractivity contribution >= 4 is 46.2 Å². The quantitative estimate of drug-likeness (QED) is 0.193. The lowest BCUT2D eigenvalue weighted by atomic mass is 9.34. The van der Waals surface area contributed by atoms with E-state index in [-0.39, 0.29) is 13.4 Å². The van der Waals surface area contributed by atoms with Crippen molar-refractivity contribution in [1.82, 2.24) is 19.1 Å². The lowest BCUT2D eigenvalue weighted by Gasteiger charge is -2.33. The fraction of sp³-hybridized carbons (Fsp3) is 0. The summed E-state index contributed by atoms with van der Waals surface area (Å²) in [6.45, 7) is -0.199. The van der Waals surface area contributed by atoms with E-state index in [1.807, 2.05) is 95.0 Å². The Balaban J connectivity index is 0.898. The second kappa shape index (κ2) is 11.4. The zero-order valence-corrected chi connectivity index (χ0v) is 30.0. The van der Waals surface area contributed by atoms with Crippen LogP contribution in [-0.2, 0) is 0 Å². The summed E-state index contributed by atoms with van der Waals surface area (Å²) < 4.78 is 36.4. The number of rotatable bonds is 4. The third-order valence-electron chi connectivity index (χ3n) is 11.6. The summed E-state index contributed by atoms with van der Waals surface area (Å²) in [6.07, 6.45) is 12.9. The van der Waals surface area contributed by atoms with Gasteiger partial charge in [0.1, 0.15) is 51.8 Å². The van der Waals surface area contributed by atoms with Gasteiger partial charge in [-0.25, -0.2) is 9.97 Å². The molecule has 0 spiro atoms. The van der Waals surface area contributed by atoms with Gasteiger partial charge in [0.25, 0.3) is 13.4 Å². The van der Waals surface area contributed by atoms with Crippen LogP contribution in [0.3, 0.4) is 0 Å². The second-order valence-corrected chi connectivity index (χ2v) is 14.7. The number of nitrogens with zero attached hydrogens (tertiary/aromatic N) is 4. The predicted octanol–water partition coefficient (Wildman–Crippen LogP) is 6.44. The van der Waals surface area contributed by atoms with Crippen molar-refractivity contribution in [2.24, 2.45) is 0 Å². The van der Waals surface area contributed by atoms with Crippen LogP contribution in [0.15, 0.2) is 163 Å². The largest absolute Gasteiger partial charge is 0.464 e. The SMILES string of the molecule is c1cc2c3c(c1)Oc1ccc(-n4ccnc4)cc1B3c1cc(-c3coc(-c4ccc5c(c4)B4c6cc(-n7ccnc7)ccc6Oc6cccc(c64)O5)c3)ccc1O2. The third-order valence-corrected chi connectivity index (χ3v) is 11.6. The molecule has 266 valence electrons. The van der Waals surface area contributed by atoms with Gasteiger partial charge in [-0.1, -0.05) is 30.3 Å². The van der Waals surface area contributed by atoms with Crippen molar-refractivity contribution in [2.75, 3.05) is 0 Å². The maximum absolute atomic E-state index is 6.53. The molecule has 0 bridgehead atoms. The van der Waals surface area contributed by atoms with Gasteiger partial charge in [0.15, 0.2) is 0 Å². The van der Waals surface area contributed by atoms with E-state index in [0.717, 1.165) is 113 Å². The van der Waals surface area contributed by atoms with Crippen LogP contribution in [0.25, 0.3) is 33.8 Å². The number of hydrogen-bond donors (Lipinski definition) is 0. The minimum atomic E-state index is -0.105. The normalized spacial score (nSPS) is 13.4. The summed E-state index contributed by atoms with van der Waals surface area (Å²) >= 11 is 0. The first-order valence-electron chi connectivity index (χ1n) is 18.8. The van der Waals surface area contributed by atoms with Crippen molar-refractivity contribution in [3.8, 4) is 79.8 Å². The van der Waals surface area contributed by atoms with Crippen molar-refractivity contribution in [2.45, 2.75) is 0 Å². The molecule has 0 amide bonds. The Morgan fingerprint density at radius 1 is 0.421 bits per heavy atom. The van der Waals surface area contributed by atoms with E-state index in [4.69, 9.17) is 23.4 Å². The maximum Gasteiger partial charge on any atom is 0.260 e. The smallest absolute Gasteiger partial charge is 0.260 e. The molecule has 0 saturated heterocycles. The van der Waals surface area contributed by atoms with Crippen LogP contribution in [-0.4, -0.2) is 32.5 Å². The molecule has 0 saturated carbocycles. The Morgan fingerprint density at radius 3 is 1.37 bits per heavy atom. The monoisotopic (exact) mass is 736 g/mol. The summed E-state index contributed by atoms with van der Waals surface area (Å²) in [6, 6.07) is 39.4. The van der Waals surface area contributed by atoms with Gasteiger partial charge in [-0.3, -0.25) is 0 Å². The fourth-order valence-electron chi connectivity index (χ4n) is 8.96. The molecule has 0 atom stereocenters. The van der Waals surface area contributed by atoms with Gasteiger partial charge in [-0.05, 0) is 112 Å². The van der Waals surface area contributed by atoms with E-state index in [1.54, 1.807) is 12.4 Å². The van der Waals surface area contributed by atoms with Crippen LogP contribution >= 0.6 is 0 Å². The van der Waals surface area contributed by atoms with E-state index in [2.05, 4.69) is 70.6 Å². The van der Waals surface area contributed by atoms with E-state index >= 15 is 0 Å². The van der Waals surface area contributed by atoms with Gasteiger partial charge in [0.2, 0.25) is 0 Å². The van der Waals surface area contributed by atoms with Crippen LogP contribution < -0.4 is 51.7 Å². The Labute approximate surface area is 326 Å². The van der Waals surface area contributed by atoms with E-state index in [0.29, 0.717) is 0 Å². The number of furan rings is 1. The highest BCUT2D eigenvalue weighted by Gasteiger charge is 2.42. The van der Waals surface area contributed by atoms with Gasteiger partial charge in [0.05, 0.1) is 18.9 Å². The van der Waals surface area contributed by atoms with Gasteiger partial charge in [-0.2, -0.15) is 0 Å². The van der Waals surface area contributed by atoms with Crippen LogP contribution in [0.2, 0.25) is 0 Å². The van der Waals surface area contributed by atoms with Gasteiger partial charge in [-0.15, -0.1) is 0 Å². The van der Waals surface area contributed by atoms with Crippen molar-refractivity contribution in [1.29, 1.82) is 0 Å². The van der Waals surface area contributed by atoms with Crippen LogP contribution in [0.1, 0.15) is 0 Å². The minimum absolute atomic E-state index is 0.0939. The molecule has 7 heterocycles. The topological polar surface area (TPSA) is 85.7 Å². The van der Waals surface area contributed by atoms with Crippen LogP contribution in [0.5, 0.6) is 46.0 Å². The van der Waals surface area contributed by atoms with Gasteiger partial charge >= 0.3 is 0 Å². The third kappa shape index (κ3) is 4.53. The zero-order chi connectivity index (χ0) is 37.2. The predicted molar refractivity (Wildman–Crippen MR) is 219 cm³/mol. The average molecular weight is 736 g/mol. The lowest BCUT2D eigenvalue weighted by molar-refractivity contribution is 0.464. The highest BCUT2D eigenvalue weighted by molar-refractivity contribution is 6.99. The molecule has 13 rings (SSSR count). The molecule has 57 heavy (non-hydrogen) atoms. The molecule has 4 aliphatic rings.